The van der Waals surface area contributed by atoms with Gasteiger partial charge in [-0.25, -0.2) is 30.0 Å². The minimum Gasteiger partial charge on any atom is -0.387 e. The van der Waals surface area contributed by atoms with Crippen LogP contribution in [0.25, 0.3) is 16.5 Å². The summed E-state index contributed by atoms with van der Waals surface area (Å²) in [5.41, 5.74) is 17.5. The molecule has 0 radical (unpaired) electrons. The highest BCUT2D eigenvalue weighted by molar-refractivity contribution is 7.90. The highest BCUT2D eigenvalue weighted by atomic mass is 32.2. The van der Waals surface area contributed by atoms with Crippen molar-refractivity contribution in [2.75, 3.05) is 13.1 Å². The first-order chi connectivity index (χ1) is 29.7. The van der Waals surface area contributed by atoms with Gasteiger partial charge in [-0.05, 0) is 100 Å². The fourth-order valence-corrected chi connectivity index (χ4v) is 8.95. The SMILES string of the molecule is C=Cc1ccc(C)cc1.Cc1ccc(C(O)CNS(=O)(=O)c2ccc(C)cc2)cc1.Cc1ccc(C2CN2S(=O)(=O)c2ccc(C)cc2)cc1.Cc1ccc(S(=O)(=O)N=[N+]=[N-])cc1. The number of hydrogen-bond acceptors (Lipinski definition) is 7. The van der Waals surface area contributed by atoms with E-state index in [1.54, 1.807) is 65.0 Å². The van der Waals surface area contributed by atoms with E-state index in [2.05, 4.69) is 51.9 Å². The minimum absolute atomic E-state index is 0.0101. The summed E-state index contributed by atoms with van der Waals surface area (Å²) in [6.07, 6.45) is 0.977. The molecule has 7 rings (SSSR count). The maximum atomic E-state index is 12.5. The molecule has 3 atom stereocenters. The predicted octanol–water partition coefficient (Wildman–Crippen LogP) is 10.00. The molecule has 0 saturated carbocycles. The van der Waals surface area contributed by atoms with Gasteiger partial charge in [0.05, 0.1) is 26.8 Å². The normalized spacial score (nSPS) is 14.7. The summed E-state index contributed by atoms with van der Waals surface area (Å²) in [4.78, 5) is 2.82. The van der Waals surface area contributed by atoms with E-state index in [4.69, 9.17) is 5.53 Å². The molecule has 330 valence electrons. The number of aryl methyl sites for hydroxylation is 6. The molecule has 15 heteroatoms. The Labute approximate surface area is 372 Å². The summed E-state index contributed by atoms with van der Waals surface area (Å²) in [6.45, 7) is 15.9. The quantitative estimate of drug-likeness (QED) is 0.0560. The van der Waals surface area contributed by atoms with Gasteiger partial charge >= 0.3 is 0 Å². The third-order valence-electron chi connectivity index (χ3n) is 9.69. The van der Waals surface area contributed by atoms with Crippen LogP contribution in [0.1, 0.15) is 62.2 Å². The van der Waals surface area contributed by atoms with Gasteiger partial charge in [0.25, 0.3) is 10.0 Å². The second-order valence-corrected chi connectivity index (χ2v) is 20.2. The molecule has 0 bridgehead atoms. The molecular formula is C48H53N5O7S3. The molecule has 6 aromatic rings. The lowest BCUT2D eigenvalue weighted by Crippen LogP contribution is -2.28. The first kappa shape index (κ1) is 49.8. The van der Waals surface area contributed by atoms with Crippen LogP contribution in [0.5, 0.6) is 0 Å². The molecule has 63 heavy (non-hydrogen) atoms. The van der Waals surface area contributed by atoms with Gasteiger partial charge < -0.3 is 5.11 Å². The van der Waals surface area contributed by atoms with E-state index in [1.807, 2.05) is 89.2 Å². The average Bonchev–Trinajstić information content (AvgIpc) is 4.07. The molecule has 3 unspecified atom stereocenters. The fraction of sp³-hybridized carbons (Fsp3) is 0.208. The monoisotopic (exact) mass is 907 g/mol. The molecule has 1 aliphatic heterocycles. The van der Waals surface area contributed by atoms with Crippen LogP contribution in [0.2, 0.25) is 0 Å². The largest absolute Gasteiger partial charge is 0.387 e. The maximum absolute atomic E-state index is 12.5. The molecule has 12 nitrogen and oxygen atoms in total. The van der Waals surface area contributed by atoms with Crippen molar-refractivity contribution in [2.45, 2.75) is 68.4 Å². The summed E-state index contributed by atoms with van der Waals surface area (Å²) < 4.78 is 78.1. The van der Waals surface area contributed by atoms with E-state index in [9.17, 15) is 30.4 Å². The number of aliphatic hydroxyl groups excluding tert-OH is 1. The van der Waals surface area contributed by atoms with E-state index in [0.717, 1.165) is 27.8 Å². The van der Waals surface area contributed by atoms with Crippen molar-refractivity contribution in [3.63, 3.8) is 0 Å². The standard InChI is InChI=1S/C16H19NO3S.C16H17NO2S.C9H10.C7H7N3O2S/c1-12-3-7-14(8-4-12)16(18)11-17-21(19,20)15-9-5-13(2)6-10-15;1-12-3-7-14(8-4-12)16-11-17(16)20(18,19)15-9-5-13(2)6-10-15;1-3-9-6-4-8(2)5-7-9;1-6-2-4-7(5-3-6)13(11,12)10-9-8/h3-10,16-18H,11H2,1-2H3;3-10,16H,11H2,1-2H3;3-7H,1H2,2H3;2-5H,1H3. The second-order valence-electron chi connectivity index (χ2n) is 15.0. The highest BCUT2D eigenvalue weighted by Crippen LogP contribution is 2.40. The number of azide groups is 1. The van der Waals surface area contributed by atoms with E-state index < -0.39 is 36.2 Å². The molecule has 1 heterocycles. The first-order valence-corrected chi connectivity index (χ1v) is 24.2. The molecule has 0 spiro atoms. The molecular weight excluding hydrogens is 855 g/mol. The Balaban J connectivity index is 0.000000193. The highest BCUT2D eigenvalue weighted by Gasteiger charge is 2.45. The van der Waals surface area contributed by atoms with Crippen LogP contribution in [0.3, 0.4) is 0 Å². The van der Waals surface area contributed by atoms with E-state index in [1.165, 1.54) is 28.8 Å². The van der Waals surface area contributed by atoms with Gasteiger partial charge in [0.1, 0.15) is 0 Å². The maximum Gasteiger partial charge on any atom is 0.264 e. The lowest BCUT2D eigenvalue weighted by Gasteiger charge is -2.13. The van der Waals surface area contributed by atoms with Crippen molar-refractivity contribution < 1.29 is 30.4 Å². The van der Waals surface area contributed by atoms with Crippen LogP contribution in [0.15, 0.2) is 171 Å². The Hall–Kier alpha value is -5.90. The lowest BCUT2D eigenvalue weighted by molar-refractivity contribution is 0.182. The van der Waals surface area contributed by atoms with Crippen LogP contribution >= 0.6 is 0 Å². The number of nitrogens with one attached hydrogen (secondary N) is 1. The third-order valence-corrected chi connectivity index (χ3v) is 14.2. The number of rotatable bonds is 11. The van der Waals surface area contributed by atoms with Gasteiger partial charge in [0.2, 0.25) is 20.0 Å². The molecule has 1 fully saturated rings. The Bertz CT molecular complexity index is 2810. The van der Waals surface area contributed by atoms with Crippen molar-refractivity contribution in [1.29, 1.82) is 0 Å². The van der Waals surface area contributed by atoms with Crippen LogP contribution in [-0.2, 0) is 30.1 Å². The summed E-state index contributed by atoms with van der Waals surface area (Å²) in [6, 6.07) is 43.3. The van der Waals surface area contributed by atoms with Crippen molar-refractivity contribution in [3.05, 3.63) is 213 Å². The van der Waals surface area contributed by atoms with Crippen LogP contribution in [0, 0.1) is 41.5 Å². The smallest absolute Gasteiger partial charge is 0.264 e. The Morgan fingerprint density at radius 1 is 0.635 bits per heavy atom. The zero-order valence-corrected chi connectivity index (χ0v) is 38.6. The molecule has 1 aliphatic rings. The summed E-state index contributed by atoms with van der Waals surface area (Å²) >= 11 is 0. The zero-order chi connectivity index (χ0) is 46.4. The van der Waals surface area contributed by atoms with Gasteiger partial charge in [-0.3, -0.25) is 0 Å². The minimum atomic E-state index is -3.82. The number of benzene rings is 6. The van der Waals surface area contributed by atoms with Crippen LogP contribution < -0.4 is 4.72 Å². The molecule has 6 aromatic carbocycles. The molecule has 2 N–H and O–H groups in total. The number of aliphatic hydroxyl groups is 1. The van der Waals surface area contributed by atoms with Crippen molar-refractivity contribution in [3.8, 4) is 0 Å². The Morgan fingerprint density at radius 2 is 1.02 bits per heavy atom. The van der Waals surface area contributed by atoms with E-state index in [0.29, 0.717) is 17.0 Å². The van der Waals surface area contributed by atoms with E-state index in [-0.39, 0.29) is 22.4 Å². The number of hydrogen-bond donors (Lipinski definition) is 2. The molecule has 0 aromatic heterocycles. The van der Waals surface area contributed by atoms with Crippen LogP contribution in [0.4, 0.5) is 0 Å². The summed E-state index contributed by atoms with van der Waals surface area (Å²) in [5.74, 6) is 0. The second kappa shape index (κ2) is 22.5. The van der Waals surface area contributed by atoms with Crippen LogP contribution in [-0.4, -0.2) is 47.8 Å². The fourth-order valence-electron chi connectivity index (χ4n) is 5.70. The van der Waals surface area contributed by atoms with Gasteiger partial charge in [0, 0.05) is 22.5 Å². The Kier molecular flexibility index (Phi) is 17.7. The summed E-state index contributed by atoms with van der Waals surface area (Å²) in [7, 11) is -10.8. The number of nitrogens with zero attached hydrogens (tertiary/aromatic N) is 4. The van der Waals surface area contributed by atoms with Crippen molar-refractivity contribution in [1.82, 2.24) is 9.03 Å². The predicted molar refractivity (Wildman–Crippen MR) is 250 cm³/mol. The Morgan fingerprint density at radius 3 is 1.44 bits per heavy atom. The van der Waals surface area contributed by atoms with Gasteiger partial charge in [-0.1, -0.05) is 155 Å². The van der Waals surface area contributed by atoms with Crippen molar-refractivity contribution in [2.24, 2.45) is 4.52 Å². The molecule has 0 amide bonds. The van der Waals surface area contributed by atoms with Gasteiger partial charge in [-0.2, -0.15) is 4.31 Å². The molecule has 1 saturated heterocycles. The van der Waals surface area contributed by atoms with Gasteiger partial charge in [0.15, 0.2) is 0 Å². The first-order valence-electron chi connectivity index (χ1n) is 19.8. The van der Waals surface area contributed by atoms with E-state index >= 15 is 0 Å². The summed E-state index contributed by atoms with van der Waals surface area (Å²) in [5, 5.41) is 10.0. The average molecular weight is 908 g/mol. The third kappa shape index (κ3) is 15.2. The zero-order valence-electron chi connectivity index (χ0n) is 36.1. The topological polar surface area (TPSA) is 186 Å². The van der Waals surface area contributed by atoms with Gasteiger partial charge in [-0.15, -0.1) is 0 Å². The number of sulfonamides is 3. The molecule has 0 aliphatic carbocycles. The lowest BCUT2D eigenvalue weighted by atomic mass is 10.1. The van der Waals surface area contributed by atoms with Crippen molar-refractivity contribution >= 4 is 36.1 Å².